The highest BCUT2D eigenvalue weighted by molar-refractivity contribution is 7.85. The highest BCUT2D eigenvalue weighted by Crippen LogP contribution is 2.25. The summed E-state index contributed by atoms with van der Waals surface area (Å²) in [6.45, 7) is 0. The molecule has 1 atom stereocenters. The first-order chi connectivity index (χ1) is 12.2. The second-order valence-electron chi connectivity index (χ2n) is 5.33. The molecule has 2 aromatic rings. The molecule has 8 nitrogen and oxygen atoms in total. The maximum atomic E-state index is 12.9. The number of carbonyl (C=O) groups is 2. The lowest BCUT2D eigenvalue weighted by Crippen LogP contribution is -2.48. The van der Waals surface area contributed by atoms with E-state index < -0.39 is 33.8 Å². The molecule has 0 saturated heterocycles. The van der Waals surface area contributed by atoms with Gasteiger partial charge in [0.15, 0.2) is 6.04 Å². The average Bonchev–Trinajstić information content (AvgIpc) is 2.61. The van der Waals surface area contributed by atoms with E-state index in [-0.39, 0.29) is 5.56 Å². The predicted molar refractivity (Wildman–Crippen MR) is 92.9 cm³/mol. The first kappa shape index (κ1) is 19.6. The van der Waals surface area contributed by atoms with Crippen LogP contribution in [0.1, 0.15) is 10.4 Å². The molecule has 0 aliphatic carbocycles. The van der Waals surface area contributed by atoms with Gasteiger partial charge < -0.3 is 5.11 Å². The van der Waals surface area contributed by atoms with Gasteiger partial charge in [0.25, 0.3) is 16.0 Å². The lowest BCUT2D eigenvalue weighted by Gasteiger charge is -2.26. The molecule has 2 aromatic carbocycles. The highest BCUT2D eigenvalue weighted by Gasteiger charge is 2.35. The summed E-state index contributed by atoms with van der Waals surface area (Å²) in [5, 5.41) is 9.70. The number of nitrogens with zero attached hydrogens (tertiary/aromatic N) is 1. The molecule has 26 heavy (non-hydrogen) atoms. The minimum Gasteiger partial charge on any atom is -0.480 e. The molecule has 2 N–H and O–H groups in total. The van der Waals surface area contributed by atoms with Crippen LogP contribution in [0.5, 0.6) is 0 Å². The summed E-state index contributed by atoms with van der Waals surface area (Å²) in [5.74, 6) is -3.67. The fourth-order valence-electron chi connectivity index (χ4n) is 2.45. The van der Waals surface area contributed by atoms with Gasteiger partial charge in [-0.2, -0.15) is 8.42 Å². The van der Waals surface area contributed by atoms with Crippen LogP contribution in [0.4, 0.5) is 0 Å². The number of carboxylic acids is 1. The first-order valence-corrected chi connectivity index (χ1v) is 9.05. The number of amides is 1. The van der Waals surface area contributed by atoms with Crippen LogP contribution >= 0.6 is 0 Å². The quantitative estimate of drug-likeness (QED) is 0.555. The summed E-state index contributed by atoms with van der Waals surface area (Å²) in [7, 11) is -3.61. The lowest BCUT2D eigenvalue weighted by atomic mass is 9.99. The van der Waals surface area contributed by atoms with Crippen molar-refractivity contribution in [3.63, 3.8) is 0 Å². The molecule has 0 aliphatic rings. The number of aliphatic carboxylic acids is 1. The second-order valence-corrected chi connectivity index (χ2v) is 6.82. The summed E-state index contributed by atoms with van der Waals surface area (Å²) in [5.41, 5.74) is 1.37. The Morgan fingerprint density at radius 2 is 1.65 bits per heavy atom. The summed E-state index contributed by atoms with van der Waals surface area (Å²) < 4.78 is 31.2. The van der Waals surface area contributed by atoms with Gasteiger partial charge in [0.2, 0.25) is 0 Å². The van der Waals surface area contributed by atoms with Gasteiger partial charge in [-0.3, -0.25) is 14.2 Å². The Morgan fingerprint density at radius 3 is 2.19 bits per heavy atom. The number of carboxylic acid groups (broad SMARTS) is 1. The zero-order chi connectivity index (χ0) is 19.3. The standard InChI is InChI=1S/C17H17NO7S/c1-25-18(15(17(20)21)11-26(22,23)24)16(19)14-10-6-5-9-13(14)12-7-3-2-4-8-12/h2-10,15H,11H2,1H3,(H,20,21)(H,22,23,24)/t15-/m0/s1. The third-order valence-electron chi connectivity index (χ3n) is 3.58. The molecule has 138 valence electrons. The van der Waals surface area contributed by atoms with E-state index in [2.05, 4.69) is 0 Å². The zero-order valence-electron chi connectivity index (χ0n) is 13.8. The van der Waals surface area contributed by atoms with Crippen molar-refractivity contribution in [2.45, 2.75) is 6.04 Å². The number of hydroxylamine groups is 2. The number of hydrogen-bond acceptors (Lipinski definition) is 5. The van der Waals surface area contributed by atoms with Crippen LogP contribution in [0.15, 0.2) is 54.6 Å². The van der Waals surface area contributed by atoms with Crippen LogP contribution < -0.4 is 0 Å². The van der Waals surface area contributed by atoms with E-state index in [1.54, 1.807) is 42.5 Å². The molecule has 0 radical (unpaired) electrons. The number of carbonyl (C=O) groups excluding carboxylic acids is 1. The van der Waals surface area contributed by atoms with Gasteiger partial charge in [-0.25, -0.2) is 9.86 Å². The molecule has 0 aromatic heterocycles. The molecule has 2 rings (SSSR count). The van der Waals surface area contributed by atoms with E-state index in [4.69, 9.17) is 9.39 Å². The second kappa shape index (κ2) is 8.09. The largest absolute Gasteiger partial charge is 0.480 e. The topological polar surface area (TPSA) is 121 Å². The van der Waals surface area contributed by atoms with E-state index in [1.807, 2.05) is 6.07 Å². The average molecular weight is 379 g/mol. The van der Waals surface area contributed by atoms with Gasteiger partial charge in [-0.15, -0.1) is 0 Å². The molecular weight excluding hydrogens is 362 g/mol. The van der Waals surface area contributed by atoms with E-state index in [0.717, 1.165) is 7.11 Å². The molecule has 0 bridgehead atoms. The van der Waals surface area contributed by atoms with Crippen molar-refractivity contribution >= 4 is 22.0 Å². The summed E-state index contributed by atoms with van der Waals surface area (Å²) >= 11 is 0. The summed E-state index contributed by atoms with van der Waals surface area (Å²) in [4.78, 5) is 29.1. The van der Waals surface area contributed by atoms with Gasteiger partial charge in [0, 0.05) is 5.56 Å². The van der Waals surface area contributed by atoms with Crippen molar-refractivity contribution < 1.29 is 32.5 Å². The third-order valence-corrected chi connectivity index (χ3v) is 4.31. The fraction of sp³-hybridized carbons (Fsp3) is 0.176. The molecule has 0 aliphatic heterocycles. The molecule has 0 spiro atoms. The lowest BCUT2D eigenvalue weighted by molar-refractivity contribution is -0.163. The van der Waals surface area contributed by atoms with Crippen LogP contribution in [0.2, 0.25) is 0 Å². The molecule has 0 fully saturated rings. The minimum atomic E-state index is -4.66. The Morgan fingerprint density at radius 1 is 1.08 bits per heavy atom. The third kappa shape index (κ3) is 4.66. The van der Waals surface area contributed by atoms with Crippen LogP contribution in [-0.4, -0.2) is 53.9 Å². The maximum Gasteiger partial charge on any atom is 0.330 e. The monoisotopic (exact) mass is 379 g/mol. The van der Waals surface area contributed by atoms with Crippen LogP contribution in [0.25, 0.3) is 11.1 Å². The number of rotatable bonds is 7. The van der Waals surface area contributed by atoms with Crippen LogP contribution in [-0.2, 0) is 19.8 Å². The SMILES string of the molecule is CON(C(=O)c1ccccc1-c1ccccc1)[C@@H](CS(=O)(=O)O)C(=O)O. The minimum absolute atomic E-state index is 0.127. The molecule has 0 unspecified atom stereocenters. The van der Waals surface area contributed by atoms with Crippen LogP contribution in [0.3, 0.4) is 0 Å². The molecule has 1 amide bonds. The fourth-order valence-corrected chi connectivity index (χ4v) is 3.13. The zero-order valence-corrected chi connectivity index (χ0v) is 14.6. The molecule has 0 heterocycles. The Labute approximate surface area is 150 Å². The molecular formula is C17H17NO7S. The van der Waals surface area contributed by atoms with E-state index in [1.165, 1.54) is 6.07 Å². The predicted octanol–water partition coefficient (Wildman–Crippen LogP) is 1.70. The smallest absolute Gasteiger partial charge is 0.330 e. The normalized spacial score (nSPS) is 12.4. The van der Waals surface area contributed by atoms with Crippen molar-refractivity contribution in [2.24, 2.45) is 0 Å². The van der Waals surface area contributed by atoms with Crippen molar-refractivity contribution in [3.05, 3.63) is 60.2 Å². The Kier molecular flexibility index (Phi) is 6.09. The first-order valence-electron chi connectivity index (χ1n) is 7.44. The molecule has 0 saturated carbocycles. The van der Waals surface area contributed by atoms with Gasteiger partial charge in [0.05, 0.1) is 7.11 Å². The van der Waals surface area contributed by atoms with Crippen LogP contribution in [0, 0.1) is 0 Å². The van der Waals surface area contributed by atoms with E-state index in [0.29, 0.717) is 16.2 Å². The van der Waals surface area contributed by atoms with Gasteiger partial charge in [-0.05, 0) is 17.2 Å². The van der Waals surface area contributed by atoms with E-state index in [9.17, 15) is 23.1 Å². The van der Waals surface area contributed by atoms with Crippen molar-refractivity contribution in [1.82, 2.24) is 5.06 Å². The summed E-state index contributed by atoms with van der Waals surface area (Å²) in [6, 6.07) is 13.5. The number of hydrogen-bond donors (Lipinski definition) is 2. The van der Waals surface area contributed by atoms with Gasteiger partial charge in [-0.1, -0.05) is 48.5 Å². The van der Waals surface area contributed by atoms with Gasteiger partial charge in [0.1, 0.15) is 5.75 Å². The van der Waals surface area contributed by atoms with Crippen molar-refractivity contribution in [2.75, 3.05) is 12.9 Å². The Balaban J connectivity index is 2.47. The van der Waals surface area contributed by atoms with E-state index >= 15 is 0 Å². The Bertz CT molecular complexity index is 896. The number of benzene rings is 2. The maximum absolute atomic E-state index is 12.9. The summed E-state index contributed by atoms with van der Waals surface area (Å²) in [6.07, 6.45) is 0. The molecule has 9 heteroatoms. The van der Waals surface area contributed by atoms with Crippen molar-refractivity contribution in [3.8, 4) is 11.1 Å². The van der Waals surface area contributed by atoms with Crippen molar-refractivity contribution in [1.29, 1.82) is 0 Å². The Hall–Kier alpha value is -2.75. The van der Waals surface area contributed by atoms with Gasteiger partial charge >= 0.3 is 5.97 Å². The highest BCUT2D eigenvalue weighted by atomic mass is 32.2.